The Hall–Kier alpha value is -1.57. The summed E-state index contributed by atoms with van der Waals surface area (Å²) in [7, 11) is 0. The molecule has 0 spiro atoms. The Morgan fingerprint density at radius 3 is 2.62 bits per heavy atom. The molecule has 2 nitrogen and oxygen atoms in total. The third-order valence-corrected chi connectivity index (χ3v) is 5.09. The number of benzene rings is 1. The van der Waals surface area contributed by atoms with Crippen LogP contribution in [0.15, 0.2) is 17.7 Å². The molecule has 0 fully saturated rings. The van der Waals surface area contributed by atoms with E-state index in [0.717, 1.165) is 24.2 Å². The summed E-state index contributed by atoms with van der Waals surface area (Å²) < 4.78 is 5.66. The average Bonchev–Trinajstić information content (AvgIpc) is 2.51. The number of esters is 1. The summed E-state index contributed by atoms with van der Waals surface area (Å²) in [4.78, 5) is 11.6. The number of ether oxygens (including phenoxy) is 1. The van der Waals surface area contributed by atoms with E-state index in [4.69, 9.17) is 4.74 Å². The van der Waals surface area contributed by atoms with Crippen molar-refractivity contribution in [2.24, 2.45) is 0 Å². The lowest BCUT2D eigenvalue weighted by molar-refractivity contribution is -0.132. The van der Waals surface area contributed by atoms with Gasteiger partial charge in [-0.1, -0.05) is 37.5 Å². The van der Waals surface area contributed by atoms with Crippen LogP contribution in [0.2, 0.25) is 0 Å². The molecule has 0 aromatic heterocycles. The highest BCUT2D eigenvalue weighted by Gasteiger charge is 2.22. The van der Waals surface area contributed by atoms with E-state index in [1.165, 1.54) is 61.3 Å². The molecule has 24 heavy (non-hydrogen) atoms. The van der Waals surface area contributed by atoms with Crippen LogP contribution >= 0.6 is 0 Å². The number of carbonyl (C=O) groups is 1. The highest BCUT2D eigenvalue weighted by atomic mass is 16.5. The second kappa shape index (κ2) is 8.50. The first-order valence-corrected chi connectivity index (χ1v) is 9.42. The van der Waals surface area contributed by atoms with E-state index in [-0.39, 0.29) is 5.97 Å². The first-order valence-electron chi connectivity index (χ1n) is 9.42. The number of rotatable bonds is 6. The lowest BCUT2D eigenvalue weighted by Crippen LogP contribution is -2.12. The zero-order valence-corrected chi connectivity index (χ0v) is 16.0. The van der Waals surface area contributed by atoms with Gasteiger partial charge in [0.05, 0.1) is 0 Å². The van der Waals surface area contributed by atoms with Gasteiger partial charge in [-0.15, -0.1) is 0 Å². The van der Waals surface area contributed by atoms with E-state index in [1.807, 2.05) is 0 Å². The van der Waals surface area contributed by atoms with Gasteiger partial charge < -0.3 is 4.74 Å². The summed E-state index contributed by atoms with van der Waals surface area (Å²) in [6.07, 6.45) is 10.6. The van der Waals surface area contributed by atoms with Crippen LogP contribution in [-0.4, -0.2) is 5.97 Å². The van der Waals surface area contributed by atoms with Gasteiger partial charge in [0.15, 0.2) is 0 Å². The van der Waals surface area contributed by atoms with Crippen LogP contribution in [0.25, 0.3) is 0 Å². The van der Waals surface area contributed by atoms with Crippen molar-refractivity contribution in [3.05, 3.63) is 40.0 Å². The van der Waals surface area contributed by atoms with Gasteiger partial charge in [0.25, 0.3) is 0 Å². The molecular formula is C22H32O2. The zero-order valence-electron chi connectivity index (χ0n) is 16.0. The Balaban J connectivity index is 2.45. The number of unbranched alkanes of at least 4 members (excludes halogenated alkanes) is 2. The first-order chi connectivity index (χ1) is 11.4. The van der Waals surface area contributed by atoms with Crippen LogP contribution in [0.5, 0.6) is 5.75 Å². The summed E-state index contributed by atoms with van der Waals surface area (Å²) >= 11 is 0. The number of carbonyl (C=O) groups excluding carboxylic acids is 1. The number of allylic oxidation sites excluding steroid dienone is 2. The molecule has 132 valence electrons. The van der Waals surface area contributed by atoms with E-state index in [9.17, 15) is 4.79 Å². The van der Waals surface area contributed by atoms with E-state index in [2.05, 4.69) is 39.8 Å². The van der Waals surface area contributed by atoms with Crippen molar-refractivity contribution in [1.29, 1.82) is 0 Å². The number of aryl methyl sites for hydroxylation is 2. The van der Waals surface area contributed by atoms with Crippen LogP contribution in [-0.2, 0) is 11.2 Å². The maximum absolute atomic E-state index is 11.6. The SMILES string of the molecule is CCCCCc1cc(C)c(C2C=C(C)CCC2)c(C)c1OC(C)=O. The summed E-state index contributed by atoms with van der Waals surface area (Å²) in [6, 6.07) is 2.26. The largest absolute Gasteiger partial charge is 0.426 e. The molecule has 2 rings (SSSR count). The molecule has 0 saturated carbocycles. The van der Waals surface area contributed by atoms with Gasteiger partial charge >= 0.3 is 5.97 Å². The van der Waals surface area contributed by atoms with E-state index in [0.29, 0.717) is 5.92 Å². The number of hydrogen-bond donors (Lipinski definition) is 0. The molecular weight excluding hydrogens is 296 g/mol. The molecule has 1 aliphatic carbocycles. The monoisotopic (exact) mass is 328 g/mol. The molecule has 2 heteroatoms. The molecule has 0 radical (unpaired) electrons. The van der Waals surface area contributed by atoms with Crippen molar-refractivity contribution in [2.75, 3.05) is 0 Å². The smallest absolute Gasteiger partial charge is 0.308 e. The Morgan fingerprint density at radius 1 is 1.25 bits per heavy atom. The average molecular weight is 328 g/mol. The van der Waals surface area contributed by atoms with Crippen molar-refractivity contribution in [2.45, 2.75) is 85.5 Å². The van der Waals surface area contributed by atoms with Crippen molar-refractivity contribution in [3.8, 4) is 5.75 Å². The van der Waals surface area contributed by atoms with Crippen molar-refractivity contribution in [1.82, 2.24) is 0 Å². The number of hydrogen-bond acceptors (Lipinski definition) is 2. The molecule has 0 amide bonds. The third kappa shape index (κ3) is 4.49. The third-order valence-electron chi connectivity index (χ3n) is 5.09. The van der Waals surface area contributed by atoms with E-state index < -0.39 is 0 Å². The Kier molecular flexibility index (Phi) is 6.65. The second-order valence-corrected chi connectivity index (χ2v) is 7.28. The minimum absolute atomic E-state index is 0.222. The van der Waals surface area contributed by atoms with Gasteiger partial charge in [-0.3, -0.25) is 4.79 Å². The van der Waals surface area contributed by atoms with Gasteiger partial charge in [0, 0.05) is 12.8 Å². The molecule has 1 aromatic carbocycles. The fourth-order valence-electron chi connectivity index (χ4n) is 4.01. The Bertz CT molecular complexity index is 625. The van der Waals surface area contributed by atoms with E-state index in [1.54, 1.807) is 0 Å². The molecule has 0 heterocycles. The van der Waals surface area contributed by atoms with Gasteiger partial charge in [0.2, 0.25) is 0 Å². The highest BCUT2D eigenvalue weighted by molar-refractivity contribution is 5.71. The predicted octanol–water partition coefficient (Wildman–Crippen LogP) is 6.18. The highest BCUT2D eigenvalue weighted by Crippen LogP contribution is 2.39. The summed E-state index contributed by atoms with van der Waals surface area (Å²) in [5.41, 5.74) is 6.53. The van der Waals surface area contributed by atoms with Crippen molar-refractivity contribution < 1.29 is 9.53 Å². The minimum Gasteiger partial charge on any atom is -0.426 e. The minimum atomic E-state index is -0.222. The molecule has 1 aliphatic rings. The lowest BCUT2D eigenvalue weighted by atomic mass is 9.81. The molecule has 1 aromatic rings. The summed E-state index contributed by atoms with van der Waals surface area (Å²) in [5.74, 6) is 1.05. The molecule has 1 atom stereocenters. The second-order valence-electron chi connectivity index (χ2n) is 7.28. The lowest BCUT2D eigenvalue weighted by Gasteiger charge is -2.26. The topological polar surface area (TPSA) is 26.3 Å². The van der Waals surface area contributed by atoms with Crippen LogP contribution in [0.1, 0.15) is 87.5 Å². The summed E-state index contributed by atoms with van der Waals surface area (Å²) in [5, 5.41) is 0. The maximum atomic E-state index is 11.6. The van der Waals surface area contributed by atoms with E-state index >= 15 is 0 Å². The zero-order chi connectivity index (χ0) is 17.7. The van der Waals surface area contributed by atoms with Gasteiger partial charge in [0.1, 0.15) is 5.75 Å². The van der Waals surface area contributed by atoms with Gasteiger partial charge in [-0.2, -0.15) is 0 Å². The summed E-state index contributed by atoms with van der Waals surface area (Å²) in [6.45, 7) is 10.3. The molecule has 0 saturated heterocycles. The molecule has 1 unspecified atom stereocenters. The fraction of sp³-hybridized carbons (Fsp3) is 0.591. The Labute approximate surface area is 147 Å². The standard InChI is InChI=1S/C22H32O2/c1-6-7-8-11-20-14-16(3)21(17(4)22(20)24-18(5)23)19-12-9-10-15(2)13-19/h13-14,19H,6-12H2,1-5H3. The van der Waals surface area contributed by atoms with Crippen LogP contribution in [0.4, 0.5) is 0 Å². The molecule has 0 aliphatic heterocycles. The van der Waals surface area contributed by atoms with Crippen LogP contribution in [0.3, 0.4) is 0 Å². The molecule has 0 N–H and O–H groups in total. The quantitative estimate of drug-likeness (QED) is 0.270. The van der Waals surface area contributed by atoms with Crippen LogP contribution in [0, 0.1) is 13.8 Å². The predicted molar refractivity (Wildman–Crippen MR) is 101 cm³/mol. The Morgan fingerprint density at radius 2 is 2.00 bits per heavy atom. The maximum Gasteiger partial charge on any atom is 0.308 e. The van der Waals surface area contributed by atoms with Crippen molar-refractivity contribution in [3.63, 3.8) is 0 Å². The normalized spacial score (nSPS) is 17.5. The van der Waals surface area contributed by atoms with Gasteiger partial charge in [-0.05, 0) is 75.1 Å². The molecule has 0 bridgehead atoms. The van der Waals surface area contributed by atoms with Crippen molar-refractivity contribution >= 4 is 5.97 Å². The van der Waals surface area contributed by atoms with Crippen LogP contribution < -0.4 is 4.74 Å². The van der Waals surface area contributed by atoms with Gasteiger partial charge in [-0.25, -0.2) is 0 Å². The first kappa shape index (κ1) is 18.8. The fourth-order valence-corrected chi connectivity index (χ4v) is 4.01.